The lowest BCUT2D eigenvalue weighted by molar-refractivity contribution is -0.118. The van der Waals surface area contributed by atoms with Crippen molar-refractivity contribution in [3.63, 3.8) is 0 Å². The monoisotopic (exact) mass is 403 g/mol. The van der Waals surface area contributed by atoms with Crippen LogP contribution in [0.2, 0.25) is 0 Å². The summed E-state index contributed by atoms with van der Waals surface area (Å²) in [6.45, 7) is 3.62. The molecule has 0 atom stereocenters. The lowest BCUT2D eigenvalue weighted by Crippen LogP contribution is -2.20. The van der Waals surface area contributed by atoms with E-state index in [-0.39, 0.29) is 18.3 Å². The summed E-state index contributed by atoms with van der Waals surface area (Å²) in [5, 5.41) is 12.8. The molecule has 0 spiro atoms. The molecule has 0 aliphatic rings. The average Bonchev–Trinajstić information content (AvgIpc) is 2.90. The summed E-state index contributed by atoms with van der Waals surface area (Å²) in [6, 6.07) is 8.31. The van der Waals surface area contributed by atoms with E-state index in [4.69, 9.17) is 9.88 Å². The summed E-state index contributed by atoms with van der Waals surface area (Å²) < 4.78 is 29.4. The van der Waals surface area contributed by atoms with E-state index in [1.165, 1.54) is 0 Å². The summed E-state index contributed by atoms with van der Waals surface area (Å²) in [4.78, 5) is 16.6. The molecule has 0 unspecified atom stereocenters. The Bertz CT molecular complexity index is 1140. The number of carbonyl (C=O) groups excluding carboxylic acids is 1. The summed E-state index contributed by atoms with van der Waals surface area (Å²) in [5.74, 6) is -0.277. The Morgan fingerprint density at radius 1 is 1.25 bits per heavy atom. The van der Waals surface area contributed by atoms with Gasteiger partial charge in [-0.25, -0.2) is 23.2 Å². The van der Waals surface area contributed by atoms with E-state index in [1.54, 1.807) is 36.0 Å². The van der Waals surface area contributed by atoms with Gasteiger partial charge in [-0.2, -0.15) is 0 Å². The zero-order chi connectivity index (χ0) is 20.5. The number of aryl methyl sites for hydroxylation is 3. The molecule has 0 bridgehead atoms. The van der Waals surface area contributed by atoms with Gasteiger partial charge >= 0.3 is 0 Å². The van der Waals surface area contributed by atoms with Crippen LogP contribution in [0.15, 0.2) is 30.3 Å². The molecule has 1 amide bonds. The van der Waals surface area contributed by atoms with E-state index >= 15 is 0 Å². The van der Waals surface area contributed by atoms with Crippen LogP contribution in [-0.4, -0.2) is 35.7 Å². The lowest BCUT2D eigenvalue weighted by Gasteiger charge is -2.07. The molecule has 28 heavy (non-hydrogen) atoms. The van der Waals surface area contributed by atoms with Crippen molar-refractivity contribution in [2.24, 2.45) is 12.2 Å². The van der Waals surface area contributed by atoms with Gasteiger partial charge in [0.05, 0.1) is 11.1 Å². The number of primary sulfonamides is 1. The first-order valence-electron chi connectivity index (χ1n) is 8.45. The molecular formula is C18H21N5O4S. The number of nitrogens with two attached hydrogens (primary N) is 1. The number of ether oxygens (including phenoxy) is 1. The quantitative estimate of drug-likeness (QED) is 0.640. The molecule has 0 radical (unpaired) electrons. The van der Waals surface area contributed by atoms with Gasteiger partial charge in [-0.3, -0.25) is 4.79 Å². The first-order valence-corrected chi connectivity index (χ1v) is 10.2. The van der Waals surface area contributed by atoms with Crippen molar-refractivity contribution >= 4 is 32.7 Å². The first kappa shape index (κ1) is 19.8. The van der Waals surface area contributed by atoms with Crippen LogP contribution in [0, 0.1) is 13.8 Å². The number of anilines is 1. The van der Waals surface area contributed by atoms with Gasteiger partial charge in [0.2, 0.25) is 15.9 Å². The predicted octanol–water partition coefficient (Wildman–Crippen LogP) is 1.39. The van der Waals surface area contributed by atoms with E-state index in [1.807, 2.05) is 19.9 Å². The third kappa shape index (κ3) is 4.65. The number of nitrogens with zero attached hydrogens (tertiary/aromatic N) is 3. The smallest absolute Gasteiger partial charge is 0.262 e. The molecule has 1 aromatic carbocycles. The van der Waals surface area contributed by atoms with Crippen molar-refractivity contribution in [3.05, 3.63) is 47.2 Å². The molecule has 2 aromatic heterocycles. The normalized spacial score (nSPS) is 11.6. The SMILES string of the molecule is Cc1cc(C)c2c(OCC(=O)Nc3ccc(CS(N)(=O)=O)cc3)nn(C)c2n1. The van der Waals surface area contributed by atoms with Crippen LogP contribution >= 0.6 is 0 Å². The highest BCUT2D eigenvalue weighted by atomic mass is 32.2. The summed E-state index contributed by atoms with van der Waals surface area (Å²) in [7, 11) is -1.83. The Balaban J connectivity index is 1.66. The predicted molar refractivity (Wildman–Crippen MR) is 105 cm³/mol. The van der Waals surface area contributed by atoms with Crippen molar-refractivity contribution in [1.29, 1.82) is 0 Å². The molecule has 3 aromatic rings. The van der Waals surface area contributed by atoms with Crippen LogP contribution in [0.25, 0.3) is 11.0 Å². The second-order valence-corrected chi connectivity index (χ2v) is 8.16. The molecule has 0 aliphatic carbocycles. The third-order valence-corrected chi connectivity index (χ3v) is 4.77. The number of amides is 1. The van der Waals surface area contributed by atoms with Gasteiger partial charge in [-0.05, 0) is 43.2 Å². The van der Waals surface area contributed by atoms with Crippen LogP contribution in [0.1, 0.15) is 16.8 Å². The highest BCUT2D eigenvalue weighted by Gasteiger charge is 2.15. The van der Waals surface area contributed by atoms with Crippen LogP contribution in [-0.2, 0) is 27.6 Å². The number of nitrogens with one attached hydrogen (secondary N) is 1. The zero-order valence-corrected chi connectivity index (χ0v) is 16.6. The Morgan fingerprint density at radius 3 is 2.57 bits per heavy atom. The fraction of sp³-hybridized carbons (Fsp3) is 0.278. The number of hydrogen-bond donors (Lipinski definition) is 2. The minimum Gasteiger partial charge on any atom is -0.466 e. The van der Waals surface area contributed by atoms with Crippen LogP contribution in [0.5, 0.6) is 5.88 Å². The Morgan fingerprint density at radius 2 is 1.93 bits per heavy atom. The zero-order valence-electron chi connectivity index (χ0n) is 15.8. The number of pyridine rings is 1. The summed E-state index contributed by atoms with van der Waals surface area (Å²) >= 11 is 0. The van der Waals surface area contributed by atoms with Crippen molar-refractivity contribution in [1.82, 2.24) is 14.8 Å². The summed E-state index contributed by atoms with van der Waals surface area (Å²) in [5.41, 5.74) is 3.60. The Kier molecular flexibility index (Phi) is 5.34. The van der Waals surface area contributed by atoms with Gasteiger partial charge in [-0.1, -0.05) is 12.1 Å². The molecule has 10 heteroatoms. The summed E-state index contributed by atoms with van der Waals surface area (Å²) in [6.07, 6.45) is 0. The maximum Gasteiger partial charge on any atom is 0.262 e. The average molecular weight is 403 g/mol. The minimum absolute atomic E-state index is 0.224. The largest absolute Gasteiger partial charge is 0.466 e. The van der Waals surface area contributed by atoms with Gasteiger partial charge in [0.15, 0.2) is 12.3 Å². The van der Waals surface area contributed by atoms with Crippen molar-refractivity contribution in [3.8, 4) is 5.88 Å². The fourth-order valence-electron chi connectivity index (χ4n) is 2.90. The van der Waals surface area contributed by atoms with Gasteiger partial charge in [0.1, 0.15) is 0 Å². The second kappa shape index (κ2) is 7.56. The molecular weight excluding hydrogens is 382 g/mol. The highest BCUT2D eigenvalue weighted by Crippen LogP contribution is 2.27. The number of benzene rings is 1. The molecule has 0 aliphatic heterocycles. The molecule has 3 rings (SSSR count). The van der Waals surface area contributed by atoms with Crippen LogP contribution < -0.4 is 15.2 Å². The maximum atomic E-state index is 12.2. The number of hydrogen-bond acceptors (Lipinski definition) is 6. The molecule has 148 valence electrons. The topological polar surface area (TPSA) is 129 Å². The number of rotatable bonds is 6. The second-order valence-electron chi connectivity index (χ2n) is 6.55. The van der Waals surface area contributed by atoms with Gasteiger partial charge in [-0.15, -0.1) is 5.10 Å². The van der Waals surface area contributed by atoms with Crippen molar-refractivity contribution < 1.29 is 17.9 Å². The fourth-order valence-corrected chi connectivity index (χ4v) is 3.55. The molecule has 9 nitrogen and oxygen atoms in total. The van der Waals surface area contributed by atoms with Crippen molar-refractivity contribution in [2.45, 2.75) is 19.6 Å². The Labute approximate surface area is 162 Å². The number of sulfonamides is 1. The molecule has 3 N–H and O–H groups in total. The number of aromatic nitrogens is 3. The standard InChI is InChI=1S/C18H21N5O4S/c1-11-8-12(2)20-17-16(11)18(22-23(17)3)27-9-15(24)21-14-6-4-13(5-7-14)10-28(19,25)26/h4-8H,9-10H2,1-3H3,(H,21,24)(H2,19,25,26). The van der Waals surface area contributed by atoms with E-state index < -0.39 is 10.0 Å². The third-order valence-electron chi connectivity index (χ3n) is 4.03. The van der Waals surface area contributed by atoms with Crippen molar-refractivity contribution in [2.75, 3.05) is 11.9 Å². The highest BCUT2D eigenvalue weighted by molar-refractivity contribution is 7.88. The van der Waals surface area contributed by atoms with Gasteiger partial charge in [0.25, 0.3) is 5.91 Å². The molecule has 0 fully saturated rings. The van der Waals surface area contributed by atoms with Crippen LogP contribution in [0.3, 0.4) is 0 Å². The van der Waals surface area contributed by atoms with E-state index in [2.05, 4.69) is 15.4 Å². The van der Waals surface area contributed by atoms with E-state index in [9.17, 15) is 13.2 Å². The van der Waals surface area contributed by atoms with Gasteiger partial charge in [0, 0.05) is 18.4 Å². The van der Waals surface area contributed by atoms with Crippen LogP contribution in [0.4, 0.5) is 5.69 Å². The van der Waals surface area contributed by atoms with Gasteiger partial charge < -0.3 is 10.1 Å². The lowest BCUT2D eigenvalue weighted by atomic mass is 10.2. The molecule has 0 saturated carbocycles. The number of fused-ring (bicyclic) bond motifs is 1. The Hall–Kier alpha value is -2.98. The first-order chi connectivity index (χ1) is 13.1. The van der Waals surface area contributed by atoms with E-state index in [0.29, 0.717) is 22.8 Å². The number of carbonyl (C=O) groups is 1. The molecule has 0 saturated heterocycles. The maximum absolute atomic E-state index is 12.2. The molecule has 2 heterocycles. The van der Waals surface area contributed by atoms with E-state index in [0.717, 1.165) is 16.6 Å². The minimum atomic E-state index is -3.60.